The third kappa shape index (κ3) is 3.97. The van der Waals surface area contributed by atoms with Gasteiger partial charge in [-0.25, -0.2) is 4.39 Å². The SMILES string of the molecule is CC[C@H](NC(=O)c1ccc(Cl)cc1F)c1ccc(OC)c(OC)c1. The molecule has 24 heavy (non-hydrogen) atoms. The van der Waals surface area contributed by atoms with Crippen LogP contribution in [-0.4, -0.2) is 20.1 Å². The van der Waals surface area contributed by atoms with Gasteiger partial charge < -0.3 is 14.8 Å². The van der Waals surface area contributed by atoms with Crippen molar-refractivity contribution in [1.29, 1.82) is 0 Å². The molecule has 0 spiro atoms. The highest BCUT2D eigenvalue weighted by Crippen LogP contribution is 2.31. The van der Waals surface area contributed by atoms with E-state index < -0.39 is 11.7 Å². The maximum Gasteiger partial charge on any atom is 0.254 e. The molecule has 0 unspecified atom stereocenters. The third-order valence-electron chi connectivity index (χ3n) is 3.70. The lowest BCUT2D eigenvalue weighted by atomic mass is 10.0. The maximum atomic E-state index is 13.9. The quantitative estimate of drug-likeness (QED) is 0.840. The number of carbonyl (C=O) groups is 1. The van der Waals surface area contributed by atoms with Crippen molar-refractivity contribution in [3.8, 4) is 11.5 Å². The normalized spacial score (nSPS) is 11.7. The Kier molecular flexibility index (Phi) is 6.04. The zero-order valence-corrected chi connectivity index (χ0v) is 14.5. The fourth-order valence-corrected chi connectivity index (χ4v) is 2.56. The van der Waals surface area contributed by atoms with Gasteiger partial charge in [0.2, 0.25) is 0 Å². The Bertz CT molecular complexity index is 736. The first-order valence-electron chi connectivity index (χ1n) is 7.48. The highest BCUT2D eigenvalue weighted by atomic mass is 35.5. The summed E-state index contributed by atoms with van der Waals surface area (Å²) >= 11 is 5.72. The summed E-state index contributed by atoms with van der Waals surface area (Å²) in [5.41, 5.74) is 0.802. The fourth-order valence-electron chi connectivity index (χ4n) is 2.40. The van der Waals surface area contributed by atoms with Gasteiger partial charge in [0.15, 0.2) is 11.5 Å². The molecule has 0 aliphatic carbocycles. The Balaban J connectivity index is 2.24. The highest BCUT2D eigenvalue weighted by molar-refractivity contribution is 6.30. The second-order valence-electron chi connectivity index (χ2n) is 5.17. The summed E-state index contributed by atoms with van der Waals surface area (Å²) in [5, 5.41) is 3.08. The summed E-state index contributed by atoms with van der Waals surface area (Å²) in [6, 6.07) is 9.09. The van der Waals surface area contributed by atoms with Gasteiger partial charge in [0.1, 0.15) is 5.82 Å². The lowest BCUT2D eigenvalue weighted by molar-refractivity contribution is 0.0931. The standard InChI is InChI=1S/C18H19ClFNO3/c1-4-15(11-5-8-16(23-2)17(9-11)24-3)21-18(22)13-7-6-12(19)10-14(13)20/h5-10,15H,4H2,1-3H3,(H,21,22)/t15-/m0/s1. The van der Waals surface area contributed by atoms with Crippen LogP contribution >= 0.6 is 11.6 Å². The summed E-state index contributed by atoms with van der Waals surface area (Å²) in [6.45, 7) is 1.93. The van der Waals surface area contributed by atoms with Crippen LogP contribution in [-0.2, 0) is 0 Å². The van der Waals surface area contributed by atoms with E-state index in [2.05, 4.69) is 5.32 Å². The van der Waals surface area contributed by atoms with E-state index in [1.165, 1.54) is 12.1 Å². The molecule has 2 aromatic rings. The molecule has 1 N–H and O–H groups in total. The van der Waals surface area contributed by atoms with Crippen molar-refractivity contribution in [2.24, 2.45) is 0 Å². The zero-order valence-electron chi connectivity index (χ0n) is 13.7. The van der Waals surface area contributed by atoms with Crippen molar-refractivity contribution >= 4 is 17.5 Å². The smallest absolute Gasteiger partial charge is 0.254 e. The molecule has 0 saturated carbocycles. The molecular weight excluding hydrogens is 333 g/mol. The van der Waals surface area contributed by atoms with Crippen LogP contribution in [0.1, 0.15) is 35.3 Å². The van der Waals surface area contributed by atoms with E-state index >= 15 is 0 Å². The Labute approximate surface area is 145 Å². The van der Waals surface area contributed by atoms with Gasteiger partial charge >= 0.3 is 0 Å². The molecule has 1 atom stereocenters. The van der Waals surface area contributed by atoms with E-state index in [1.54, 1.807) is 26.4 Å². The van der Waals surface area contributed by atoms with Crippen molar-refractivity contribution in [3.05, 3.63) is 58.4 Å². The summed E-state index contributed by atoms with van der Waals surface area (Å²) in [6.07, 6.45) is 0.635. The summed E-state index contributed by atoms with van der Waals surface area (Å²) < 4.78 is 24.4. The number of hydrogen-bond donors (Lipinski definition) is 1. The van der Waals surface area contributed by atoms with Gasteiger partial charge in [-0.1, -0.05) is 24.6 Å². The molecule has 128 valence electrons. The fraction of sp³-hybridized carbons (Fsp3) is 0.278. The lowest BCUT2D eigenvalue weighted by Gasteiger charge is -2.19. The minimum Gasteiger partial charge on any atom is -0.493 e. The van der Waals surface area contributed by atoms with E-state index in [9.17, 15) is 9.18 Å². The molecule has 1 amide bonds. The molecular formula is C18H19ClFNO3. The molecule has 2 rings (SSSR count). The Morgan fingerprint density at radius 2 is 1.88 bits per heavy atom. The van der Waals surface area contributed by atoms with Crippen LogP contribution in [0.15, 0.2) is 36.4 Å². The molecule has 0 aliphatic heterocycles. The number of ether oxygens (including phenoxy) is 2. The molecule has 0 aliphatic rings. The average Bonchev–Trinajstić information content (AvgIpc) is 2.58. The maximum absolute atomic E-state index is 13.9. The summed E-state index contributed by atoms with van der Waals surface area (Å²) in [4.78, 5) is 12.3. The highest BCUT2D eigenvalue weighted by Gasteiger charge is 2.18. The lowest BCUT2D eigenvalue weighted by Crippen LogP contribution is -2.28. The first kappa shape index (κ1) is 18.1. The van der Waals surface area contributed by atoms with Crippen molar-refractivity contribution in [3.63, 3.8) is 0 Å². The Morgan fingerprint density at radius 1 is 1.17 bits per heavy atom. The van der Waals surface area contributed by atoms with Crippen LogP contribution in [0, 0.1) is 5.82 Å². The molecule has 0 radical (unpaired) electrons. The minimum absolute atomic E-state index is 0.0432. The minimum atomic E-state index is -0.651. The van der Waals surface area contributed by atoms with Gasteiger partial charge in [-0.3, -0.25) is 4.79 Å². The summed E-state index contributed by atoms with van der Waals surface area (Å²) in [7, 11) is 3.10. The van der Waals surface area contributed by atoms with Crippen molar-refractivity contribution in [1.82, 2.24) is 5.32 Å². The van der Waals surface area contributed by atoms with Gasteiger partial charge in [-0.05, 0) is 42.3 Å². The molecule has 6 heteroatoms. The van der Waals surface area contributed by atoms with Gasteiger partial charge in [0.25, 0.3) is 5.91 Å². The topological polar surface area (TPSA) is 47.6 Å². The van der Waals surface area contributed by atoms with Crippen LogP contribution < -0.4 is 14.8 Å². The van der Waals surface area contributed by atoms with Crippen LogP contribution in [0.2, 0.25) is 5.02 Å². The second-order valence-corrected chi connectivity index (χ2v) is 5.61. The van der Waals surface area contributed by atoms with E-state index in [-0.39, 0.29) is 16.6 Å². The number of carbonyl (C=O) groups excluding carboxylic acids is 1. The molecule has 0 aromatic heterocycles. The number of rotatable bonds is 6. The van der Waals surface area contributed by atoms with E-state index in [1.807, 2.05) is 13.0 Å². The molecule has 0 bridgehead atoms. The number of amides is 1. The zero-order chi connectivity index (χ0) is 17.7. The van der Waals surface area contributed by atoms with E-state index in [4.69, 9.17) is 21.1 Å². The van der Waals surface area contributed by atoms with E-state index in [0.717, 1.165) is 11.6 Å². The predicted octanol–water partition coefficient (Wildman–Crippen LogP) is 4.38. The van der Waals surface area contributed by atoms with Crippen molar-refractivity contribution < 1.29 is 18.7 Å². The van der Waals surface area contributed by atoms with Crippen LogP contribution in [0.25, 0.3) is 0 Å². The monoisotopic (exact) mass is 351 g/mol. The third-order valence-corrected chi connectivity index (χ3v) is 3.93. The van der Waals surface area contributed by atoms with Crippen molar-refractivity contribution in [2.45, 2.75) is 19.4 Å². The average molecular weight is 352 g/mol. The van der Waals surface area contributed by atoms with Crippen LogP contribution in [0.5, 0.6) is 11.5 Å². The molecule has 0 saturated heterocycles. The summed E-state index contributed by atoms with van der Waals surface area (Å²) in [5.74, 6) is 0.0273. The number of halogens is 2. The molecule has 0 fully saturated rings. The van der Waals surface area contributed by atoms with Crippen LogP contribution in [0.3, 0.4) is 0 Å². The Hall–Kier alpha value is -2.27. The molecule has 0 heterocycles. The largest absolute Gasteiger partial charge is 0.493 e. The van der Waals surface area contributed by atoms with Gasteiger partial charge in [0.05, 0.1) is 25.8 Å². The first-order valence-corrected chi connectivity index (χ1v) is 7.85. The molecule has 4 nitrogen and oxygen atoms in total. The number of hydrogen-bond acceptors (Lipinski definition) is 3. The van der Waals surface area contributed by atoms with Gasteiger partial charge in [-0.15, -0.1) is 0 Å². The number of nitrogens with one attached hydrogen (secondary N) is 1. The number of benzene rings is 2. The van der Waals surface area contributed by atoms with Crippen molar-refractivity contribution in [2.75, 3.05) is 14.2 Å². The Morgan fingerprint density at radius 3 is 2.46 bits per heavy atom. The van der Waals surface area contributed by atoms with E-state index in [0.29, 0.717) is 17.9 Å². The first-order chi connectivity index (χ1) is 11.5. The predicted molar refractivity (Wildman–Crippen MR) is 91.5 cm³/mol. The number of methoxy groups -OCH3 is 2. The van der Waals surface area contributed by atoms with Crippen LogP contribution in [0.4, 0.5) is 4.39 Å². The van der Waals surface area contributed by atoms with Gasteiger partial charge in [0, 0.05) is 5.02 Å². The van der Waals surface area contributed by atoms with Gasteiger partial charge in [-0.2, -0.15) is 0 Å². The second kappa shape index (κ2) is 8.02. The molecule has 2 aromatic carbocycles.